The van der Waals surface area contributed by atoms with Gasteiger partial charge >= 0.3 is 0 Å². The van der Waals surface area contributed by atoms with Crippen LogP contribution in [0.3, 0.4) is 0 Å². The molecule has 0 heterocycles. The lowest BCUT2D eigenvalue weighted by Crippen LogP contribution is -2.24. The fourth-order valence-electron chi connectivity index (χ4n) is 1.25. The number of anilines is 1. The maximum Gasteiger partial charge on any atom is 0.251 e. The van der Waals surface area contributed by atoms with E-state index < -0.39 is 0 Å². The minimum absolute atomic E-state index is 0.0930. The Morgan fingerprint density at radius 1 is 1.59 bits per heavy atom. The summed E-state index contributed by atoms with van der Waals surface area (Å²) in [5, 5.41) is 11.2. The van der Waals surface area contributed by atoms with Gasteiger partial charge in [0.1, 0.15) is 11.8 Å². The van der Waals surface area contributed by atoms with Crippen LogP contribution in [-0.2, 0) is 0 Å². The van der Waals surface area contributed by atoms with Crippen molar-refractivity contribution in [2.24, 2.45) is 0 Å². The quantitative estimate of drug-likeness (QED) is 0.750. The van der Waals surface area contributed by atoms with Crippen LogP contribution in [0.1, 0.15) is 23.7 Å². The van der Waals surface area contributed by atoms with E-state index in [1.54, 1.807) is 12.1 Å². The number of benzene rings is 1. The van der Waals surface area contributed by atoms with Gasteiger partial charge in [-0.05, 0) is 24.6 Å². The van der Waals surface area contributed by atoms with E-state index in [1.807, 2.05) is 13.0 Å². The fraction of sp³-hybridized carbons (Fsp3) is 0.333. The van der Waals surface area contributed by atoms with Gasteiger partial charge in [-0.25, -0.2) is 0 Å². The molecular weight excluding hydrogens is 218 g/mol. The number of nitrogen functional groups attached to an aromatic ring is 1. The zero-order valence-corrected chi connectivity index (χ0v) is 9.69. The van der Waals surface area contributed by atoms with Gasteiger partial charge in [0.15, 0.2) is 6.61 Å². The minimum atomic E-state index is -0.173. The number of hydrogen-bond donors (Lipinski definition) is 2. The minimum Gasteiger partial charge on any atom is -0.477 e. The predicted octanol–water partition coefficient (Wildman–Crippen LogP) is 1.31. The second-order valence-electron chi connectivity index (χ2n) is 3.46. The molecule has 5 heteroatoms. The number of nitrogens with two attached hydrogens (primary N) is 1. The Bertz CT molecular complexity index is 438. The smallest absolute Gasteiger partial charge is 0.251 e. The first-order chi connectivity index (χ1) is 8.19. The molecule has 1 aromatic carbocycles. The van der Waals surface area contributed by atoms with Crippen molar-refractivity contribution < 1.29 is 9.53 Å². The topological polar surface area (TPSA) is 88.1 Å². The molecule has 0 aliphatic rings. The zero-order valence-electron chi connectivity index (χ0n) is 9.69. The summed E-state index contributed by atoms with van der Waals surface area (Å²) in [6, 6.07) is 6.60. The van der Waals surface area contributed by atoms with Crippen molar-refractivity contribution in [3.63, 3.8) is 0 Å². The van der Waals surface area contributed by atoms with Gasteiger partial charge in [0.05, 0.1) is 5.69 Å². The third kappa shape index (κ3) is 3.68. The summed E-state index contributed by atoms with van der Waals surface area (Å²) < 4.78 is 5.12. The van der Waals surface area contributed by atoms with Gasteiger partial charge < -0.3 is 15.8 Å². The Labute approximate surface area is 100 Å². The van der Waals surface area contributed by atoms with Crippen LogP contribution in [0.25, 0.3) is 0 Å². The van der Waals surface area contributed by atoms with Gasteiger partial charge in [0.2, 0.25) is 0 Å². The van der Waals surface area contributed by atoms with Crippen molar-refractivity contribution in [1.82, 2.24) is 5.32 Å². The lowest BCUT2D eigenvalue weighted by Gasteiger charge is -2.08. The van der Waals surface area contributed by atoms with E-state index in [-0.39, 0.29) is 12.5 Å². The summed E-state index contributed by atoms with van der Waals surface area (Å²) in [5.41, 5.74) is 6.55. The number of nitrogens with zero attached hydrogens (tertiary/aromatic N) is 1. The monoisotopic (exact) mass is 233 g/mol. The molecule has 0 bridgehead atoms. The van der Waals surface area contributed by atoms with Crippen molar-refractivity contribution in [1.29, 1.82) is 5.26 Å². The molecule has 0 aromatic heterocycles. The highest BCUT2D eigenvalue weighted by atomic mass is 16.5. The number of amides is 1. The van der Waals surface area contributed by atoms with Crippen LogP contribution >= 0.6 is 0 Å². The highest BCUT2D eigenvalue weighted by Crippen LogP contribution is 2.22. The van der Waals surface area contributed by atoms with E-state index in [4.69, 9.17) is 15.7 Å². The second kappa shape index (κ2) is 6.38. The largest absolute Gasteiger partial charge is 0.477 e. The summed E-state index contributed by atoms with van der Waals surface area (Å²) in [7, 11) is 0. The van der Waals surface area contributed by atoms with Gasteiger partial charge in [-0.15, -0.1) is 0 Å². The Hall–Kier alpha value is -2.22. The van der Waals surface area contributed by atoms with Gasteiger partial charge in [-0.2, -0.15) is 5.26 Å². The first-order valence-corrected chi connectivity index (χ1v) is 5.36. The van der Waals surface area contributed by atoms with Crippen LogP contribution in [0.15, 0.2) is 18.2 Å². The molecule has 0 saturated carbocycles. The van der Waals surface area contributed by atoms with Crippen LogP contribution in [0.2, 0.25) is 0 Å². The van der Waals surface area contributed by atoms with Crippen molar-refractivity contribution >= 4 is 11.6 Å². The number of carbonyl (C=O) groups excluding carboxylic acids is 1. The van der Waals surface area contributed by atoms with E-state index >= 15 is 0 Å². The molecule has 17 heavy (non-hydrogen) atoms. The molecule has 5 nitrogen and oxygen atoms in total. The molecule has 0 spiro atoms. The SMILES string of the molecule is CCCNC(=O)c1ccc(N)c(OCC#N)c1. The van der Waals surface area contributed by atoms with E-state index in [1.165, 1.54) is 6.07 Å². The van der Waals surface area contributed by atoms with Crippen LogP contribution in [0.4, 0.5) is 5.69 Å². The third-order valence-electron chi connectivity index (χ3n) is 2.10. The number of nitrogens with one attached hydrogen (secondary N) is 1. The molecule has 90 valence electrons. The summed E-state index contributed by atoms with van der Waals surface area (Å²) in [5.74, 6) is 0.185. The molecule has 0 aliphatic carbocycles. The normalized spacial score (nSPS) is 9.41. The van der Waals surface area contributed by atoms with E-state index in [9.17, 15) is 4.79 Å². The Morgan fingerprint density at radius 2 is 2.35 bits per heavy atom. The predicted molar refractivity (Wildman–Crippen MR) is 64.6 cm³/mol. The number of hydrogen-bond acceptors (Lipinski definition) is 4. The van der Waals surface area contributed by atoms with Gasteiger partial charge in [0, 0.05) is 12.1 Å². The van der Waals surface area contributed by atoms with E-state index in [0.717, 1.165) is 6.42 Å². The molecule has 0 unspecified atom stereocenters. The Kier molecular flexibility index (Phi) is 4.82. The number of rotatable bonds is 5. The van der Waals surface area contributed by atoms with Gasteiger partial charge in [-0.1, -0.05) is 6.92 Å². The maximum absolute atomic E-state index is 11.7. The van der Waals surface area contributed by atoms with Gasteiger partial charge in [0.25, 0.3) is 5.91 Å². The molecule has 1 amide bonds. The molecule has 1 aromatic rings. The van der Waals surface area contributed by atoms with Crippen molar-refractivity contribution in [2.45, 2.75) is 13.3 Å². The summed E-state index contributed by atoms with van der Waals surface area (Å²) >= 11 is 0. The first-order valence-electron chi connectivity index (χ1n) is 5.36. The van der Waals surface area contributed by atoms with Gasteiger partial charge in [-0.3, -0.25) is 4.79 Å². The maximum atomic E-state index is 11.7. The molecule has 1 rings (SSSR count). The van der Waals surface area contributed by atoms with Crippen LogP contribution in [0, 0.1) is 11.3 Å². The lowest BCUT2D eigenvalue weighted by atomic mass is 10.1. The second-order valence-corrected chi connectivity index (χ2v) is 3.46. The van der Waals surface area contributed by atoms with Crippen molar-refractivity contribution in [3.05, 3.63) is 23.8 Å². The first kappa shape index (κ1) is 12.8. The van der Waals surface area contributed by atoms with E-state index in [2.05, 4.69) is 5.32 Å². The summed E-state index contributed by atoms with van der Waals surface area (Å²) in [6.45, 7) is 2.51. The van der Waals surface area contributed by atoms with Crippen molar-refractivity contribution in [2.75, 3.05) is 18.9 Å². The van der Waals surface area contributed by atoms with Crippen LogP contribution < -0.4 is 15.8 Å². The molecule has 3 N–H and O–H groups in total. The van der Waals surface area contributed by atoms with Crippen LogP contribution in [0.5, 0.6) is 5.75 Å². The average Bonchev–Trinajstić information content (AvgIpc) is 2.35. The average molecular weight is 233 g/mol. The number of ether oxygens (including phenoxy) is 1. The van der Waals surface area contributed by atoms with Crippen LogP contribution in [-0.4, -0.2) is 19.1 Å². The standard InChI is InChI=1S/C12H15N3O2/c1-2-6-15-12(16)9-3-4-10(14)11(8-9)17-7-5-13/h3-4,8H,2,6-7,14H2,1H3,(H,15,16). The molecule has 0 atom stereocenters. The lowest BCUT2D eigenvalue weighted by molar-refractivity contribution is 0.0953. The molecule has 0 fully saturated rings. The third-order valence-corrected chi connectivity index (χ3v) is 2.10. The highest BCUT2D eigenvalue weighted by Gasteiger charge is 2.08. The number of carbonyl (C=O) groups is 1. The molecule has 0 aliphatic heterocycles. The fourth-order valence-corrected chi connectivity index (χ4v) is 1.25. The Morgan fingerprint density at radius 3 is 3.00 bits per heavy atom. The molecule has 0 saturated heterocycles. The summed E-state index contributed by atoms with van der Waals surface area (Å²) in [6.07, 6.45) is 0.874. The molecular formula is C12H15N3O2. The summed E-state index contributed by atoms with van der Waals surface area (Å²) in [4.78, 5) is 11.7. The van der Waals surface area contributed by atoms with E-state index in [0.29, 0.717) is 23.5 Å². The highest BCUT2D eigenvalue weighted by molar-refractivity contribution is 5.95. The zero-order chi connectivity index (χ0) is 12.7. The van der Waals surface area contributed by atoms with Crippen molar-refractivity contribution in [3.8, 4) is 11.8 Å². The number of nitriles is 1. The molecule has 0 radical (unpaired) electrons. The Balaban J connectivity index is 2.81.